The summed E-state index contributed by atoms with van der Waals surface area (Å²) in [6.45, 7) is 0.0631. The van der Waals surface area contributed by atoms with Crippen LogP contribution >= 0.6 is 11.6 Å². The summed E-state index contributed by atoms with van der Waals surface area (Å²) in [5, 5.41) is 9.15. The molecule has 29 heavy (non-hydrogen) atoms. The predicted molar refractivity (Wildman–Crippen MR) is 111 cm³/mol. The summed E-state index contributed by atoms with van der Waals surface area (Å²) in [7, 11) is -3.52. The Kier molecular flexibility index (Phi) is 6.01. The number of sulfonamides is 1. The zero-order valence-electron chi connectivity index (χ0n) is 15.4. The topological polar surface area (TPSA) is 99.8 Å². The van der Waals surface area contributed by atoms with Crippen LogP contribution in [0.1, 0.15) is 17.5 Å². The van der Waals surface area contributed by atoms with Gasteiger partial charge in [0.05, 0.1) is 35.0 Å². The molecule has 9 heteroatoms. The van der Waals surface area contributed by atoms with E-state index in [2.05, 4.69) is 4.99 Å². The normalized spacial score (nSPS) is 15.0. The largest absolute Gasteiger partial charge is 0.402 e. The number of carbonyl (C=O) groups is 1. The van der Waals surface area contributed by atoms with Crippen LogP contribution in [0.15, 0.2) is 59.2 Å². The van der Waals surface area contributed by atoms with Crippen molar-refractivity contribution >= 4 is 45.3 Å². The van der Waals surface area contributed by atoms with Gasteiger partial charge in [0, 0.05) is 6.54 Å². The average molecular weight is 430 g/mol. The van der Waals surface area contributed by atoms with Gasteiger partial charge in [0.2, 0.25) is 15.9 Å². The molecular formula is C20H16ClN3O4S. The molecule has 2 aromatic carbocycles. The first-order valence-corrected chi connectivity index (χ1v) is 10.7. The van der Waals surface area contributed by atoms with E-state index < -0.39 is 16.0 Å². The zero-order valence-corrected chi connectivity index (χ0v) is 16.9. The number of hydrogen-bond acceptors (Lipinski definition) is 6. The van der Waals surface area contributed by atoms with Crippen LogP contribution in [-0.2, 0) is 19.6 Å². The molecule has 0 unspecified atom stereocenters. The molecule has 2 aromatic rings. The minimum absolute atomic E-state index is 0.0631. The number of nitrogens with zero attached hydrogens (tertiary/aromatic N) is 3. The third kappa shape index (κ3) is 4.83. The first-order chi connectivity index (χ1) is 13.8. The molecule has 0 saturated heterocycles. The van der Waals surface area contributed by atoms with Crippen LogP contribution in [0.2, 0.25) is 5.02 Å². The van der Waals surface area contributed by atoms with Crippen LogP contribution in [0.25, 0.3) is 6.08 Å². The fourth-order valence-corrected chi connectivity index (χ4v) is 3.84. The summed E-state index contributed by atoms with van der Waals surface area (Å²) in [5.41, 5.74) is 1.69. The van der Waals surface area contributed by atoms with Gasteiger partial charge in [0.15, 0.2) is 5.70 Å². The number of esters is 1. The van der Waals surface area contributed by atoms with Gasteiger partial charge in [-0.15, -0.1) is 0 Å². The van der Waals surface area contributed by atoms with Gasteiger partial charge < -0.3 is 4.74 Å². The van der Waals surface area contributed by atoms with Gasteiger partial charge in [-0.25, -0.2) is 18.2 Å². The minimum atomic E-state index is -3.52. The lowest BCUT2D eigenvalue weighted by molar-refractivity contribution is -0.129. The molecular weight excluding hydrogens is 414 g/mol. The van der Waals surface area contributed by atoms with E-state index in [0.717, 1.165) is 10.6 Å². The Morgan fingerprint density at radius 2 is 1.90 bits per heavy atom. The maximum absolute atomic E-state index is 12.1. The van der Waals surface area contributed by atoms with Gasteiger partial charge in [-0.05, 0) is 35.9 Å². The van der Waals surface area contributed by atoms with Crippen molar-refractivity contribution in [2.75, 3.05) is 17.1 Å². The van der Waals surface area contributed by atoms with Gasteiger partial charge in [-0.2, -0.15) is 5.26 Å². The minimum Gasteiger partial charge on any atom is -0.402 e. The van der Waals surface area contributed by atoms with Crippen molar-refractivity contribution in [1.29, 1.82) is 5.26 Å². The number of cyclic esters (lactones) is 1. The predicted octanol–water partition coefficient (Wildman–Crippen LogP) is 3.36. The van der Waals surface area contributed by atoms with Crippen molar-refractivity contribution in [3.8, 4) is 6.07 Å². The highest BCUT2D eigenvalue weighted by atomic mass is 35.5. The molecule has 0 amide bonds. The van der Waals surface area contributed by atoms with Gasteiger partial charge in [-0.3, -0.25) is 4.31 Å². The highest BCUT2D eigenvalue weighted by molar-refractivity contribution is 7.92. The number of carbonyl (C=O) groups excluding carboxylic acids is 1. The number of anilines is 1. The maximum atomic E-state index is 12.1. The summed E-state index contributed by atoms with van der Waals surface area (Å²) < 4.78 is 30.3. The fourth-order valence-electron chi connectivity index (χ4n) is 2.69. The maximum Gasteiger partial charge on any atom is 0.363 e. The Balaban J connectivity index is 1.87. The molecule has 0 aromatic heterocycles. The number of halogens is 1. The number of nitriles is 1. The third-order valence-corrected chi connectivity index (χ3v) is 5.56. The molecule has 1 aliphatic rings. The molecule has 0 saturated carbocycles. The average Bonchev–Trinajstić information content (AvgIpc) is 3.03. The summed E-state index contributed by atoms with van der Waals surface area (Å²) >= 11 is 6.11. The van der Waals surface area contributed by atoms with Gasteiger partial charge >= 0.3 is 5.97 Å². The van der Waals surface area contributed by atoms with E-state index >= 15 is 0 Å². The molecule has 0 aliphatic carbocycles. The van der Waals surface area contributed by atoms with Gasteiger partial charge in [0.25, 0.3) is 0 Å². The van der Waals surface area contributed by atoms with E-state index in [1.54, 1.807) is 48.5 Å². The van der Waals surface area contributed by atoms with Gasteiger partial charge in [-0.1, -0.05) is 35.9 Å². The highest BCUT2D eigenvalue weighted by Crippen LogP contribution is 2.25. The molecule has 0 fully saturated rings. The highest BCUT2D eigenvalue weighted by Gasteiger charge is 2.25. The molecule has 7 nitrogen and oxygen atoms in total. The second kappa shape index (κ2) is 8.47. The Labute approximate surface area is 173 Å². The summed E-state index contributed by atoms with van der Waals surface area (Å²) in [6.07, 6.45) is 2.69. The van der Waals surface area contributed by atoms with Crippen LogP contribution in [0.5, 0.6) is 0 Å². The Morgan fingerprint density at radius 1 is 1.21 bits per heavy atom. The molecule has 0 spiro atoms. The van der Waals surface area contributed by atoms with Crippen molar-refractivity contribution in [2.45, 2.75) is 6.42 Å². The summed E-state index contributed by atoms with van der Waals surface area (Å²) in [5.74, 6) is -0.473. The second-order valence-electron chi connectivity index (χ2n) is 6.15. The quantitative estimate of drug-likeness (QED) is 0.517. The number of rotatable bonds is 6. The first-order valence-electron chi connectivity index (χ1n) is 8.52. The van der Waals surface area contributed by atoms with Crippen LogP contribution in [0.4, 0.5) is 5.69 Å². The van der Waals surface area contributed by atoms with Crippen molar-refractivity contribution < 1.29 is 17.9 Å². The zero-order chi connectivity index (χ0) is 21.0. The third-order valence-electron chi connectivity index (χ3n) is 4.04. The molecule has 1 heterocycles. The summed E-state index contributed by atoms with van der Waals surface area (Å²) in [6, 6.07) is 15.3. The van der Waals surface area contributed by atoms with E-state index in [9.17, 15) is 13.2 Å². The lowest BCUT2D eigenvalue weighted by Gasteiger charge is -2.21. The monoisotopic (exact) mass is 429 g/mol. The van der Waals surface area contributed by atoms with E-state index in [-0.39, 0.29) is 24.6 Å². The van der Waals surface area contributed by atoms with Crippen molar-refractivity contribution in [3.05, 3.63) is 70.4 Å². The molecule has 148 valence electrons. The molecule has 0 N–H and O–H groups in total. The lowest BCUT2D eigenvalue weighted by atomic mass is 10.1. The van der Waals surface area contributed by atoms with Crippen LogP contribution in [0.3, 0.4) is 0 Å². The van der Waals surface area contributed by atoms with Crippen molar-refractivity contribution in [1.82, 2.24) is 0 Å². The van der Waals surface area contributed by atoms with Gasteiger partial charge in [0.1, 0.15) is 0 Å². The first kappa shape index (κ1) is 20.6. The number of aliphatic imine (C=N–C) groups is 1. The standard InChI is InChI=1S/C20H16ClN3O4S/c1-29(26,27)24(12-4-11-22)15-9-7-14(8-10-15)13-18-20(25)28-19(23-18)16-5-2-3-6-17(16)21/h2-3,5-10,13H,4,12H2,1H3. The van der Waals surface area contributed by atoms with Crippen LogP contribution in [0, 0.1) is 11.3 Å². The molecule has 3 rings (SSSR count). The van der Waals surface area contributed by atoms with Crippen molar-refractivity contribution in [2.24, 2.45) is 4.99 Å². The molecule has 1 aliphatic heterocycles. The molecule has 0 radical (unpaired) electrons. The second-order valence-corrected chi connectivity index (χ2v) is 8.46. The van der Waals surface area contributed by atoms with E-state index in [4.69, 9.17) is 21.6 Å². The Bertz CT molecular complexity index is 1150. The summed E-state index contributed by atoms with van der Waals surface area (Å²) in [4.78, 5) is 16.3. The Hall–Kier alpha value is -3.15. The van der Waals surface area contributed by atoms with E-state index in [0.29, 0.717) is 21.8 Å². The Morgan fingerprint density at radius 3 is 2.52 bits per heavy atom. The SMILES string of the molecule is CS(=O)(=O)N(CCC#N)c1ccc(C=C2N=C(c3ccccc3Cl)OC2=O)cc1. The number of ether oxygens (including phenoxy) is 1. The van der Waals surface area contributed by atoms with E-state index in [1.807, 2.05) is 6.07 Å². The fraction of sp³-hybridized carbons (Fsp3) is 0.150. The smallest absolute Gasteiger partial charge is 0.363 e. The van der Waals surface area contributed by atoms with E-state index in [1.165, 1.54) is 6.08 Å². The van der Waals surface area contributed by atoms with Crippen LogP contribution in [-0.4, -0.2) is 33.1 Å². The number of hydrogen-bond donors (Lipinski definition) is 0. The molecule has 0 atom stereocenters. The number of benzene rings is 2. The van der Waals surface area contributed by atoms with Crippen LogP contribution < -0.4 is 4.31 Å². The lowest BCUT2D eigenvalue weighted by Crippen LogP contribution is -2.30. The van der Waals surface area contributed by atoms with Crippen molar-refractivity contribution in [3.63, 3.8) is 0 Å². The molecule has 0 bridgehead atoms.